The summed E-state index contributed by atoms with van der Waals surface area (Å²) in [4.78, 5) is 13.2. The van der Waals surface area contributed by atoms with Crippen LogP contribution in [0.3, 0.4) is 0 Å². The molecule has 140 valence electrons. The van der Waals surface area contributed by atoms with Crippen LogP contribution in [0, 0.1) is 0 Å². The third-order valence-corrected chi connectivity index (χ3v) is 5.16. The number of carbonyl (C=O) groups excluding carboxylic acids is 1. The molecule has 5 nitrogen and oxygen atoms in total. The van der Waals surface area contributed by atoms with E-state index in [-0.39, 0.29) is 17.6 Å². The van der Waals surface area contributed by atoms with E-state index >= 15 is 0 Å². The van der Waals surface area contributed by atoms with Crippen LogP contribution in [0.2, 0.25) is 0 Å². The minimum atomic E-state index is -0.602. The Labute approximate surface area is 166 Å². The molecule has 0 aliphatic carbocycles. The van der Waals surface area contributed by atoms with Crippen LogP contribution < -0.4 is 0 Å². The molecular formula is C22H18N2O3S. The smallest absolute Gasteiger partial charge is 0.317 e. The number of ether oxygens (including phenoxy) is 1. The zero-order chi connectivity index (χ0) is 19.3. The summed E-state index contributed by atoms with van der Waals surface area (Å²) in [6, 6.07) is 23.7. The van der Waals surface area contributed by atoms with Gasteiger partial charge in [-0.2, -0.15) is 0 Å². The number of esters is 1. The van der Waals surface area contributed by atoms with Gasteiger partial charge in [0, 0.05) is 10.5 Å². The van der Waals surface area contributed by atoms with Crippen molar-refractivity contribution in [2.24, 2.45) is 0 Å². The van der Waals surface area contributed by atoms with Gasteiger partial charge < -0.3 is 9.15 Å². The lowest BCUT2D eigenvalue weighted by Gasteiger charge is -2.09. The van der Waals surface area contributed by atoms with Crippen LogP contribution in [0.5, 0.6) is 0 Å². The summed E-state index contributed by atoms with van der Waals surface area (Å²) in [5.41, 5.74) is 0.826. The van der Waals surface area contributed by atoms with Gasteiger partial charge in [0.2, 0.25) is 5.89 Å². The molecule has 0 unspecified atom stereocenters. The van der Waals surface area contributed by atoms with Crippen molar-refractivity contribution in [1.29, 1.82) is 0 Å². The molecule has 4 rings (SSSR count). The number of carbonyl (C=O) groups is 1. The van der Waals surface area contributed by atoms with Gasteiger partial charge in [0.05, 0.1) is 5.75 Å². The predicted molar refractivity (Wildman–Crippen MR) is 109 cm³/mol. The normalized spacial score (nSPS) is 12.0. The molecule has 0 bridgehead atoms. The van der Waals surface area contributed by atoms with E-state index in [1.54, 1.807) is 6.92 Å². The van der Waals surface area contributed by atoms with Gasteiger partial charge in [0.25, 0.3) is 5.89 Å². The number of rotatable bonds is 6. The second-order valence-electron chi connectivity index (χ2n) is 6.24. The summed E-state index contributed by atoms with van der Waals surface area (Å²) in [5, 5.41) is 10.3. The largest absolute Gasteiger partial charge is 0.452 e. The Balaban J connectivity index is 1.35. The lowest BCUT2D eigenvalue weighted by molar-refractivity contribution is -0.146. The molecule has 0 aliphatic rings. The first-order valence-corrected chi connectivity index (χ1v) is 9.87. The average molecular weight is 390 g/mol. The summed E-state index contributed by atoms with van der Waals surface area (Å²) in [5.74, 6) is 0.569. The second kappa shape index (κ2) is 8.27. The van der Waals surface area contributed by atoms with Gasteiger partial charge in [-0.25, -0.2) is 0 Å². The molecule has 0 N–H and O–H groups in total. The van der Waals surface area contributed by atoms with Crippen LogP contribution >= 0.6 is 11.8 Å². The van der Waals surface area contributed by atoms with Crippen molar-refractivity contribution in [1.82, 2.24) is 10.2 Å². The van der Waals surface area contributed by atoms with E-state index in [1.165, 1.54) is 17.1 Å². The van der Waals surface area contributed by atoms with Crippen molar-refractivity contribution in [3.05, 3.63) is 78.7 Å². The highest BCUT2D eigenvalue weighted by Gasteiger charge is 2.19. The summed E-state index contributed by atoms with van der Waals surface area (Å²) in [6.45, 7) is 1.72. The van der Waals surface area contributed by atoms with E-state index in [0.29, 0.717) is 5.89 Å². The Morgan fingerprint density at radius 3 is 2.57 bits per heavy atom. The average Bonchev–Trinajstić information content (AvgIpc) is 3.23. The number of fused-ring (bicyclic) bond motifs is 1. The summed E-state index contributed by atoms with van der Waals surface area (Å²) in [7, 11) is 0. The number of nitrogens with zero attached hydrogens (tertiary/aromatic N) is 2. The van der Waals surface area contributed by atoms with Crippen molar-refractivity contribution in [3.8, 4) is 11.5 Å². The molecule has 3 aromatic carbocycles. The molecule has 0 radical (unpaired) electrons. The standard InChI is InChI=1S/C22H18N2O3S/c1-15(21-23-24-22(27-21)17-8-3-2-4-9-17)26-20(25)14-28-19-12-11-16-7-5-6-10-18(16)13-19/h2-13,15H,14H2,1H3/t15-/m0/s1. The van der Waals surface area contributed by atoms with Crippen LogP contribution in [0.25, 0.3) is 22.2 Å². The van der Waals surface area contributed by atoms with Gasteiger partial charge in [-0.1, -0.05) is 48.5 Å². The van der Waals surface area contributed by atoms with Crippen LogP contribution in [-0.2, 0) is 9.53 Å². The fraction of sp³-hybridized carbons (Fsp3) is 0.136. The minimum absolute atomic E-state index is 0.211. The molecule has 0 amide bonds. The molecule has 1 atom stereocenters. The number of aromatic nitrogens is 2. The van der Waals surface area contributed by atoms with Crippen molar-refractivity contribution in [3.63, 3.8) is 0 Å². The first-order valence-electron chi connectivity index (χ1n) is 8.89. The highest BCUT2D eigenvalue weighted by molar-refractivity contribution is 8.00. The van der Waals surface area contributed by atoms with E-state index in [4.69, 9.17) is 9.15 Å². The van der Waals surface area contributed by atoms with E-state index in [1.807, 2.05) is 48.5 Å². The fourth-order valence-corrected chi connectivity index (χ4v) is 3.50. The third kappa shape index (κ3) is 4.23. The molecule has 0 saturated carbocycles. The molecule has 28 heavy (non-hydrogen) atoms. The molecule has 0 fully saturated rings. The Morgan fingerprint density at radius 1 is 1.00 bits per heavy atom. The van der Waals surface area contributed by atoms with Crippen molar-refractivity contribution < 1.29 is 13.9 Å². The lowest BCUT2D eigenvalue weighted by Crippen LogP contribution is -2.11. The zero-order valence-electron chi connectivity index (χ0n) is 15.2. The second-order valence-corrected chi connectivity index (χ2v) is 7.29. The first kappa shape index (κ1) is 18.3. The van der Waals surface area contributed by atoms with E-state index in [2.05, 4.69) is 34.5 Å². The van der Waals surface area contributed by atoms with Gasteiger partial charge in [-0.15, -0.1) is 22.0 Å². The summed E-state index contributed by atoms with van der Waals surface area (Å²) < 4.78 is 11.1. The maximum atomic E-state index is 12.2. The van der Waals surface area contributed by atoms with E-state index in [9.17, 15) is 4.79 Å². The van der Waals surface area contributed by atoms with Crippen LogP contribution in [-0.4, -0.2) is 21.9 Å². The Kier molecular flexibility index (Phi) is 5.39. The number of thioether (sulfide) groups is 1. The van der Waals surface area contributed by atoms with Crippen molar-refractivity contribution in [2.75, 3.05) is 5.75 Å². The van der Waals surface area contributed by atoms with Crippen molar-refractivity contribution in [2.45, 2.75) is 17.9 Å². The molecule has 1 aromatic heterocycles. The highest BCUT2D eigenvalue weighted by atomic mass is 32.2. The van der Waals surface area contributed by atoms with Crippen LogP contribution in [0.15, 0.2) is 82.1 Å². The monoisotopic (exact) mass is 390 g/mol. The molecule has 1 heterocycles. The highest BCUT2D eigenvalue weighted by Crippen LogP contribution is 2.25. The Bertz CT molecular complexity index is 1100. The van der Waals surface area contributed by atoms with Crippen LogP contribution in [0.1, 0.15) is 18.9 Å². The summed E-state index contributed by atoms with van der Waals surface area (Å²) in [6.07, 6.45) is -0.602. The molecule has 6 heteroatoms. The van der Waals surface area contributed by atoms with Gasteiger partial charge in [-0.05, 0) is 42.0 Å². The molecule has 0 aliphatic heterocycles. The minimum Gasteiger partial charge on any atom is -0.452 e. The Morgan fingerprint density at radius 2 is 1.75 bits per heavy atom. The predicted octanol–water partition coefficient (Wildman–Crippen LogP) is 5.29. The quantitative estimate of drug-likeness (QED) is 0.329. The molecule has 0 saturated heterocycles. The number of hydrogen-bond donors (Lipinski definition) is 0. The lowest BCUT2D eigenvalue weighted by atomic mass is 10.1. The first-order chi connectivity index (χ1) is 13.7. The number of benzene rings is 3. The van der Waals surface area contributed by atoms with Gasteiger partial charge in [0.15, 0.2) is 6.10 Å². The van der Waals surface area contributed by atoms with Gasteiger partial charge in [-0.3, -0.25) is 4.79 Å². The van der Waals surface area contributed by atoms with Gasteiger partial charge in [0.1, 0.15) is 0 Å². The zero-order valence-corrected chi connectivity index (χ0v) is 16.1. The van der Waals surface area contributed by atoms with Gasteiger partial charge >= 0.3 is 5.97 Å². The fourth-order valence-electron chi connectivity index (χ4n) is 2.78. The van der Waals surface area contributed by atoms with Crippen LogP contribution in [0.4, 0.5) is 0 Å². The molecule has 0 spiro atoms. The summed E-state index contributed by atoms with van der Waals surface area (Å²) >= 11 is 1.44. The SMILES string of the molecule is C[C@H](OC(=O)CSc1ccc2ccccc2c1)c1nnc(-c2ccccc2)o1. The maximum Gasteiger partial charge on any atom is 0.317 e. The Hall–Kier alpha value is -3.12. The topological polar surface area (TPSA) is 65.2 Å². The van der Waals surface area contributed by atoms with E-state index in [0.717, 1.165) is 15.8 Å². The number of hydrogen-bond acceptors (Lipinski definition) is 6. The van der Waals surface area contributed by atoms with Crippen molar-refractivity contribution >= 4 is 28.5 Å². The third-order valence-electron chi connectivity index (χ3n) is 4.19. The maximum absolute atomic E-state index is 12.2. The van der Waals surface area contributed by atoms with E-state index < -0.39 is 6.10 Å². The molecular weight excluding hydrogens is 372 g/mol. The molecule has 4 aromatic rings.